The van der Waals surface area contributed by atoms with Crippen LogP contribution < -0.4 is 0 Å². The normalized spacial score (nSPS) is 18.7. The van der Waals surface area contributed by atoms with E-state index in [0.717, 1.165) is 25.7 Å². The summed E-state index contributed by atoms with van der Waals surface area (Å²) < 4.78 is 5.27. The number of hydrogen-bond donors (Lipinski definition) is 1. The van der Waals surface area contributed by atoms with Crippen LogP contribution in [0, 0.1) is 0 Å². The highest BCUT2D eigenvalue weighted by Crippen LogP contribution is 2.28. The van der Waals surface area contributed by atoms with Crippen LogP contribution in [-0.2, 0) is 14.3 Å². The van der Waals surface area contributed by atoms with Crippen molar-refractivity contribution in [1.29, 1.82) is 0 Å². The van der Waals surface area contributed by atoms with E-state index in [9.17, 15) is 14.7 Å². The molecule has 0 aliphatic carbocycles. The Hall–Kier alpha value is -1.65. The molecule has 1 N–H and O–H groups in total. The summed E-state index contributed by atoms with van der Waals surface area (Å²) in [6.45, 7) is 2.95. The predicted molar refractivity (Wildman–Crippen MR) is 130 cm³/mol. The predicted octanol–water partition coefficient (Wildman–Crippen LogP) is 7.18. The minimum atomic E-state index is -0.818. The zero-order chi connectivity index (χ0) is 23.0. The molecule has 32 heavy (non-hydrogen) atoms. The summed E-state index contributed by atoms with van der Waals surface area (Å²) in [7, 11) is 0. The lowest BCUT2D eigenvalue weighted by Crippen LogP contribution is -2.17. The maximum Gasteiger partial charge on any atom is 0.344 e. The third-order valence-corrected chi connectivity index (χ3v) is 6.65. The van der Waals surface area contributed by atoms with Gasteiger partial charge in [-0.25, -0.2) is 4.79 Å². The van der Waals surface area contributed by atoms with E-state index in [1.807, 2.05) is 0 Å². The van der Waals surface area contributed by atoms with E-state index in [1.165, 1.54) is 77.0 Å². The van der Waals surface area contributed by atoms with Crippen LogP contribution in [0.15, 0.2) is 16.3 Å². The standard InChI is InChI=1S/C27H45NO4/c1-2-3-4-5-6-7-8-9-10-11-12-13-14-15-18-22(29)21-24-26(30)25(27(31)32-24)23-19-16-17-20-28-23/h24,30H,2-21H2,1H3. The maximum absolute atomic E-state index is 12.3. The molecule has 0 fully saturated rings. The Morgan fingerprint density at radius 3 is 2.00 bits per heavy atom. The zero-order valence-electron chi connectivity index (χ0n) is 20.3. The number of aliphatic hydroxyl groups is 1. The summed E-state index contributed by atoms with van der Waals surface area (Å²) in [6.07, 6.45) is 20.5. The van der Waals surface area contributed by atoms with Gasteiger partial charge < -0.3 is 9.84 Å². The molecule has 0 radical (unpaired) electrons. The number of aliphatic imine (C=N–C) groups is 1. The summed E-state index contributed by atoms with van der Waals surface area (Å²) in [5, 5.41) is 10.4. The Labute approximate surface area is 195 Å². The molecule has 0 saturated carbocycles. The summed E-state index contributed by atoms with van der Waals surface area (Å²) in [6, 6.07) is 0. The van der Waals surface area contributed by atoms with Gasteiger partial charge in [0.2, 0.25) is 0 Å². The largest absolute Gasteiger partial charge is 0.507 e. The summed E-state index contributed by atoms with van der Waals surface area (Å²) >= 11 is 0. The molecular formula is C27H45NO4. The van der Waals surface area contributed by atoms with Gasteiger partial charge in [0, 0.05) is 13.0 Å². The van der Waals surface area contributed by atoms with Gasteiger partial charge >= 0.3 is 5.97 Å². The van der Waals surface area contributed by atoms with E-state index >= 15 is 0 Å². The lowest BCUT2D eigenvalue weighted by Gasteiger charge is -2.10. The van der Waals surface area contributed by atoms with Crippen LogP contribution in [0.25, 0.3) is 0 Å². The average Bonchev–Trinajstić information content (AvgIpc) is 3.07. The summed E-state index contributed by atoms with van der Waals surface area (Å²) in [5.74, 6) is -0.567. The van der Waals surface area contributed by atoms with Crippen LogP contribution in [0.2, 0.25) is 0 Å². The Morgan fingerprint density at radius 1 is 0.906 bits per heavy atom. The van der Waals surface area contributed by atoms with Gasteiger partial charge in [-0.05, 0) is 25.7 Å². The molecule has 0 aromatic heterocycles. The number of unbranched alkanes of at least 4 members (excludes halogenated alkanes) is 13. The van der Waals surface area contributed by atoms with E-state index in [1.54, 1.807) is 0 Å². The number of carbonyl (C=O) groups is 2. The second kappa shape index (κ2) is 16.0. The topological polar surface area (TPSA) is 76.0 Å². The fraction of sp³-hybridized carbons (Fsp3) is 0.815. The van der Waals surface area contributed by atoms with Crippen molar-refractivity contribution in [3.8, 4) is 0 Å². The first-order valence-corrected chi connectivity index (χ1v) is 13.3. The molecule has 1 atom stereocenters. The van der Waals surface area contributed by atoms with Crippen LogP contribution in [0.3, 0.4) is 0 Å². The fourth-order valence-electron chi connectivity index (χ4n) is 4.64. The molecule has 0 amide bonds. The van der Waals surface area contributed by atoms with Crippen molar-refractivity contribution in [1.82, 2.24) is 0 Å². The number of ether oxygens (including phenoxy) is 1. The first-order chi connectivity index (χ1) is 15.6. The molecular weight excluding hydrogens is 402 g/mol. The van der Waals surface area contributed by atoms with Crippen molar-refractivity contribution in [2.45, 2.75) is 135 Å². The molecule has 0 spiro atoms. The molecule has 2 aliphatic rings. The van der Waals surface area contributed by atoms with Gasteiger partial charge in [-0.1, -0.05) is 90.4 Å². The highest BCUT2D eigenvalue weighted by atomic mass is 16.6. The van der Waals surface area contributed by atoms with E-state index < -0.39 is 12.1 Å². The Morgan fingerprint density at radius 2 is 1.47 bits per heavy atom. The number of ketones is 1. The average molecular weight is 448 g/mol. The van der Waals surface area contributed by atoms with Crippen LogP contribution in [-0.4, -0.2) is 35.2 Å². The van der Waals surface area contributed by atoms with Gasteiger partial charge in [0.1, 0.15) is 17.1 Å². The molecule has 5 nitrogen and oxygen atoms in total. The molecule has 1 unspecified atom stereocenters. The van der Waals surface area contributed by atoms with Crippen molar-refractivity contribution in [3.63, 3.8) is 0 Å². The van der Waals surface area contributed by atoms with Crippen molar-refractivity contribution < 1.29 is 19.4 Å². The third-order valence-electron chi connectivity index (χ3n) is 6.65. The first kappa shape index (κ1) is 26.6. The van der Waals surface area contributed by atoms with E-state index in [0.29, 0.717) is 25.1 Å². The number of aliphatic hydroxyl groups excluding tert-OH is 1. The minimum Gasteiger partial charge on any atom is -0.507 e. The number of hydrogen-bond acceptors (Lipinski definition) is 5. The zero-order valence-corrected chi connectivity index (χ0v) is 20.3. The van der Waals surface area contributed by atoms with Crippen LogP contribution in [0.4, 0.5) is 0 Å². The lowest BCUT2D eigenvalue weighted by molar-refractivity contribution is -0.141. The highest BCUT2D eigenvalue weighted by Gasteiger charge is 2.37. The van der Waals surface area contributed by atoms with Gasteiger partial charge in [0.25, 0.3) is 0 Å². The van der Waals surface area contributed by atoms with Gasteiger partial charge in [-0.3, -0.25) is 9.79 Å². The lowest BCUT2D eigenvalue weighted by atomic mass is 9.99. The van der Waals surface area contributed by atoms with Crippen LogP contribution in [0.1, 0.15) is 129 Å². The molecule has 0 aromatic carbocycles. The number of cyclic esters (lactones) is 1. The Kier molecular flexibility index (Phi) is 13.3. The second-order valence-corrected chi connectivity index (χ2v) is 9.53. The van der Waals surface area contributed by atoms with Crippen molar-refractivity contribution in [3.05, 3.63) is 11.3 Å². The summed E-state index contributed by atoms with van der Waals surface area (Å²) in [5.41, 5.74) is 0.847. The van der Waals surface area contributed by atoms with E-state index in [4.69, 9.17) is 4.74 Å². The van der Waals surface area contributed by atoms with E-state index in [2.05, 4.69) is 11.9 Å². The molecule has 0 bridgehead atoms. The second-order valence-electron chi connectivity index (χ2n) is 9.53. The molecule has 2 heterocycles. The summed E-state index contributed by atoms with van der Waals surface area (Å²) in [4.78, 5) is 28.8. The highest BCUT2D eigenvalue weighted by molar-refractivity contribution is 6.21. The maximum atomic E-state index is 12.3. The number of Topliss-reactive ketones (excluding diaryl/α,β-unsaturated/α-hetero) is 1. The Balaban J connectivity index is 1.48. The van der Waals surface area contributed by atoms with Gasteiger partial charge in [0.05, 0.1) is 12.1 Å². The Bertz CT molecular complexity index is 638. The van der Waals surface area contributed by atoms with E-state index in [-0.39, 0.29) is 23.5 Å². The minimum absolute atomic E-state index is 0.0557. The van der Waals surface area contributed by atoms with Crippen LogP contribution >= 0.6 is 0 Å². The van der Waals surface area contributed by atoms with Crippen molar-refractivity contribution in [2.75, 3.05) is 6.54 Å². The van der Waals surface area contributed by atoms with Gasteiger partial charge in [0.15, 0.2) is 6.10 Å². The molecule has 0 aromatic rings. The number of nitrogens with zero attached hydrogens (tertiary/aromatic N) is 1. The molecule has 182 valence electrons. The number of esters is 1. The van der Waals surface area contributed by atoms with Gasteiger partial charge in [-0.2, -0.15) is 0 Å². The van der Waals surface area contributed by atoms with Gasteiger partial charge in [-0.15, -0.1) is 0 Å². The van der Waals surface area contributed by atoms with Crippen LogP contribution in [0.5, 0.6) is 0 Å². The number of carbonyl (C=O) groups excluding carboxylic acids is 2. The molecule has 2 aliphatic heterocycles. The first-order valence-electron chi connectivity index (χ1n) is 13.3. The number of rotatable bonds is 18. The quantitative estimate of drug-likeness (QED) is 0.178. The monoisotopic (exact) mass is 447 g/mol. The SMILES string of the molecule is CCCCCCCCCCCCCCCCC(=O)CC1OC(=O)C(C2=NCCCC2)=C1O. The van der Waals surface area contributed by atoms with Crippen molar-refractivity contribution in [2.24, 2.45) is 4.99 Å². The molecule has 5 heteroatoms. The smallest absolute Gasteiger partial charge is 0.344 e. The molecule has 0 saturated heterocycles. The molecule has 2 rings (SSSR count). The van der Waals surface area contributed by atoms with Crippen molar-refractivity contribution >= 4 is 17.5 Å². The fourth-order valence-corrected chi connectivity index (χ4v) is 4.64. The third kappa shape index (κ3) is 9.87.